The minimum atomic E-state index is -0.143. The van der Waals surface area contributed by atoms with Crippen LogP contribution in [0.1, 0.15) is 46.4 Å². The number of hydrogen-bond acceptors (Lipinski definition) is 2. The van der Waals surface area contributed by atoms with E-state index < -0.39 is 0 Å². The van der Waals surface area contributed by atoms with Gasteiger partial charge in [-0.3, -0.25) is 11.1 Å². The Morgan fingerprint density at radius 2 is 1.94 bits per heavy atom. The molecule has 17 heavy (non-hydrogen) atoms. The van der Waals surface area contributed by atoms with E-state index in [1.54, 1.807) is 6.33 Å². The van der Waals surface area contributed by atoms with Crippen LogP contribution in [0, 0.1) is 5.41 Å². The molecule has 5 heteroatoms. The monoisotopic (exact) mass is 238 g/mol. The van der Waals surface area contributed by atoms with E-state index in [0.717, 1.165) is 18.7 Å². The molecule has 0 radical (unpaired) electrons. The maximum absolute atomic E-state index is 5.71. The van der Waals surface area contributed by atoms with Gasteiger partial charge in [-0.25, -0.2) is 0 Å². The Bertz CT molecular complexity index is 403. The van der Waals surface area contributed by atoms with Crippen molar-refractivity contribution >= 4 is 5.84 Å². The average Bonchev–Trinajstić information content (AvgIpc) is 2.62. The fourth-order valence-corrected chi connectivity index (χ4v) is 1.78. The van der Waals surface area contributed by atoms with E-state index >= 15 is 0 Å². The fraction of sp³-hybridized carbons (Fsp3) is 0.750. The van der Waals surface area contributed by atoms with Crippen molar-refractivity contribution in [2.45, 2.75) is 46.0 Å². The van der Waals surface area contributed by atoms with Crippen LogP contribution in [0.15, 0.2) is 6.33 Å². The number of amidine groups is 1. The van der Waals surface area contributed by atoms with E-state index in [1.807, 2.05) is 11.6 Å². The van der Waals surface area contributed by atoms with Crippen LogP contribution in [0.3, 0.4) is 0 Å². The van der Waals surface area contributed by atoms with Crippen LogP contribution in [0.5, 0.6) is 0 Å². The topological polar surface area (TPSA) is 82.3 Å². The third-order valence-electron chi connectivity index (χ3n) is 3.47. The number of nitrogens with zero attached hydrogens (tertiary/aromatic N) is 3. The molecule has 0 aliphatic rings. The van der Waals surface area contributed by atoms with Crippen LogP contribution in [0.25, 0.3) is 0 Å². The van der Waals surface area contributed by atoms with Crippen LogP contribution in [0.2, 0.25) is 0 Å². The van der Waals surface area contributed by atoms with Gasteiger partial charge >= 0.3 is 0 Å². The first-order valence-corrected chi connectivity index (χ1v) is 5.90. The van der Waals surface area contributed by atoms with E-state index in [1.165, 1.54) is 0 Å². The molecule has 0 aromatic carbocycles. The Hall–Kier alpha value is -1.39. The van der Waals surface area contributed by atoms with Gasteiger partial charge in [0, 0.05) is 12.5 Å². The molecule has 0 amide bonds. The molecule has 1 rings (SSSR count). The Morgan fingerprint density at radius 3 is 2.35 bits per heavy atom. The van der Waals surface area contributed by atoms with Crippen molar-refractivity contribution in [2.75, 3.05) is 0 Å². The summed E-state index contributed by atoms with van der Waals surface area (Å²) >= 11 is 0. The van der Waals surface area contributed by atoms with Gasteiger partial charge in [-0.2, -0.15) is 0 Å². The highest BCUT2D eigenvalue weighted by Gasteiger charge is 2.32. The van der Waals surface area contributed by atoms with Crippen molar-refractivity contribution in [3.05, 3.63) is 12.2 Å². The highest BCUT2D eigenvalue weighted by Crippen LogP contribution is 2.32. The summed E-state index contributed by atoms with van der Waals surface area (Å²) in [5, 5.41) is 13.8. The highest BCUT2D eigenvalue weighted by atomic mass is 15.3. The summed E-state index contributed by atoms with van der Waals surface area (Å²) in [5.41, 5.74) is 5.54. The van der Waals surface area contributed by atoms with Gasteiger partial charge in [-0.05, 0) is 26.7 Å². The van der Waals surface area contributed by atoms with Crippen molar-refractivity contribution in [3.8, 4) is 0 Å². The Balaban J connectivity index is 2.75. The van der Waals surface area contributed by atoms with Gasteiger partial charge < -0.3 is 4.57 Å². The standard InChI is InChI=1S/C12H23N5/c1-11(2,9(13)14)6-7-12(3,4)10-16-15-8-17(10)5/h8H,6-7H2,1-5H3,(H3,13,14)/p+1. The third kappa shape index (κ3) is 3.05. The van der Waals surface area contributed by atoms with E-state index in [2.05, 4.69) is 37.9 Å². The molecule has 0 unspecified atom stereocenters. The van der Waals surface area contributed by atoms with Crippen LogP contribution in [-0.2, 0) is 12.5 Å². The molecule has 96 valence electrons. The molecule has 0 saturated carbocycles. The summed E-state index contributed by atoms with van der Waals surface area (Å²) < 4.78 is 1.96. The van der Waals surface area contributed by atoms with Crippen molar-refractivity contribution in [1.29, 1.82) is 0 Å². The van der Waals surface area contributed by atoms with Crippen molar-refractivity contribution < 1.29 is 5.41 Å². The molecule has 0 saturated heterocycles. The zero-order valence-electron chi connectivity index (χ0n) is 11.5. The SMILES string of the molecule is Cn1cnnc1C(C)(C)CCC(C)(C)C(N)=[NH2+]. The van der Waals surface area contributed by atoms with E-state index in [0.29, 0.717) is 5.84 Å². The molecule has 1 heterocycles. The summed E-state index contributed by atoms with van der Waals surface area (Å²) in [6.07, 6.45) is 3.62. The molecule has 0 aliphatic heterocycles. The lowest BCUT2D eigenvalue weighted by atomic mass is 9.78. The number of nitrogens with two attached hydrogens (primary N) is 2. The quantitative estimate of drug-likeness (QED) is 0.560. The summed E-state index contributed by atoms with van der Waals surface area (Å²) in [6.45, 7) is 8.46. The van der Waals surface area contributed by atoms with Gasteiger partial charge in [0.25, 0.3) is 0 Å². The minimum absolute atomic E-state index is 0.0298. The van der Waals surface area contributed by atoms with Crippen molar-refractivity contribution in [3.63, 3.8) is 0 Å². The van der Waals surface area contributed by atoms with Gasteiger partial charge in [0.1, 0.15) is 12.2 Å². The maximum Gasteiger partial charge on any atom is 0.244 e. The summed E-state index contributed by atoms with van der Waals surface area (Å²) in [7, 11) is 1.96. The van der Waals surface area contributed by atoms with Crippen LogP contribution >= 0.6 is 0 Å². The Kier molecular flexibility index (Phi) is 3.59. The first-order valence-electron chi connectivity index (χ1n) is 5.90. The Labute approximate surface area is 103 Å². The van der Waals surface area contributed by atoms with E-state index in [9.17, 15) is 0 Å². The Morgan fingerprint density at radius 1 is 1.35 bits per heavy atom. The number of rotatable bonds is 5. The van der Waals surface area contributed by atoms with Crippen LogP contribution in [0.4, 0.5) is 0 Å². The van der Waals surface area contributed by atoms with Crippen molar-refractivity contribution in [2.24, 2.45) is 18.2 Å². The second kappa shape index (κ2) is 4.47. The second-order valence-corrected chi connectivity index (χ2v) is 5.99. The molecular formula is C12H24N5+. The lowest BCUT2D eigenvalue weighted by molar-refractivity contribution is -0.126. The van der Waals surface area contributed by atoms with Gasteiger partial charge in [0.05, 0.1) is 5.41 Å². The molecule has 0 bridgehead atoms. The first-order chi connectivity index (χ1) is 7.67. The fourth-order valence-electron chi connectivity index (χ4n) is 1.78. The molecule has 1 aromatic heterocycles. The van der Waals surface area contributed by atoms with Crippen molar-refractivity contribution in [1.82, 2.24) is 14.8 Å². The zero-order chi connectivity index (χ0) is 13.3. The number of aromatic nitrogens is 3. The molecule has 1 aromatic rings. The predicted octanol–water partition coefficient (Wildman–Crippen LogP) is 0.0154. The average molecular weight is 238 g/mol. The lowest BCUT2D eigenvalue weighted by Crippen LogP contribution is -2.54. The first kappa shape index (κ1) is 13.7. The smallest absolute Gasteiger partial charge is 0.244 e. The van der Waals surface area contributed by atoms with Crippen LogP contribution < -0.4 is 11.1 Å². The summed E-state index contributed by atoms with van der Waals surface area (Å²) in [5.74, 6) is 1.48. The molecule has 0 fully saturated rings. The normalized spacial score (nSPS) is 12.8. The minimum Gasteiger partial charge on any atom is -0.320 e. The maximum atomic E-state index is 5.71. The van der Waals surface area contributed by atoms with Gasteiger partial charge in [0.15, 0.2) is 0 Å². The zero-order valence-corrected chi connectivity index (χ0v) is 11.5. The second-order valence-electron chi connectivity index (χ2n) is 5.99. The van der Waals surface area contributed by atoms with Gasteiger partial charge in [-0.1, -0.05) is 13.8 Å². The molecule has 4 N–H and O–H groups in total. The van der Waals surface area contributed by atoms with Crippen LogP contribution in [-0.4, -0.2) is 20.6 Å². The lowest BCUT2D eigenvalue weighted by Gasteiger charge is -2.27. The summed E-state index contributed by atoms with van der Waals surface area (Å²) in [4.78, 5) is 0. The van der Waals surface area contributed by atoms with Gasteiger partial charge in [0.2, 0.25) is 5.84 Å². The molecule has 0 aliphatic carbocycles. The summed E-state index contributed by atoms with van der Waals surface area (Å²) in [6, 6.07) is 0. The highest BCUT2D eigenvalue weighted by molar-refractivity contribution is 5.79. The van der Waals surface area contributed by atoms with E-state index in [4.69, 9.17) is 11.1 Å². The molecule has 5 nitrogen and oxygen atoms in total. The third-order valence-corrected chi connectivity index (χ3v) is 3.47. The van der Waals surface area contributed by atoms with Gasteiger partial charge in [-0.15, -0.1) is 10.2 Å². The van der Waals surface area contributed by atoms with E-state index in [-0.39, 0.29) is 10.8 Å². The number of aryl methyl sites for hydroxylation is 1. The molecule has 0 atom stereocenters. The molecular weight excluding hydrogens is 214 g/mol. The predicted molar refractivity (Wildman–Crippen MR) is 68.2 cm³/mol. The number of hydrogen-bond donors (Lipinski definition) is 2. The largest absolute Gasteiger partial charge is 0.320 e. The molecule has 0 spiro atoms.